The second-order valence-electron chi connectivity index (χ2n) is 3.10. The molecule has 0 fully saturated rings. The third-order valence-electron chi connectivity index (χ3n) is 1.81. The maximum Gasteiger partial charge on any atom is 0.0906 e. The van der Waals surface area contributed by atoms with Crippen molar-refractivity contribution in [3.05, 3.63) is 0 Å². The van der Waals surface area contributed by atoms with E-state index in [4.69, 9.17) is 9.47 Å². The van der Waals surface area contributed by atoms with Gasteiger partial charge in [0.2, 0.25) is 0 Å². The first-order chi connectivity index (χ1) is 6.91. The van der Waals surface area contributed by atoms with E-state index in [1.54, 1.807) is 7.11 Å². The topological polar surface area (TPSA) is 30.5 Å². The first-order valence-electron chi connectivity index (χ1n) is 5.25. The lowest BCUT2D eigenvalue weighted by molar-refractivity contribution is 0.0688. The van der Waals surface area contributed by atoms with Crippen LogP contribution in [0.25, 0.3) is 0 Å². The molecule has 0 aliphatic carbocycles. The second-order valence-corrected chi connectivity index (χ2v) is 3.10. The molecule has 0 rings (SSSR count). The molecule has 0 atom stereocenters. The molecule has 0 aromatic rings. The van der Waals surface area contributed by atoms with Crippen molar-refractivity contribution in [1.29, 1.82) is 0 Å². The van der Waals surface area contributed by atoms with Crippen LogP contribution in [-0.4, -0.2) is 46.7 Å². The van der Waals surface area contributed by atoms with Gasteiger partial charge in [0.1, 0.15) is 0 Å². The van der Waals surface area contributed by atoms with Crippen molar-refractivity contribution in [2.75, 3.05) is 46.7 Å². The highest BCUT2D eigenvalue weighted by atomic mass is 19.1. The molecule has 14 heavy (non-hydrogen) atoms. The van der Waals surface area contributed by atoms with Crippen LogP contribution in [0.3, 0.4) is 0 Å². The summed E-state index contributed by atoms with van der Waals surface area (Å²) in [5.41, 5.74) is 0. The standard InChI is InChI=1S/C10H22FNO2/c1-13-9-10-14-8-3-2-6-12-7-4-5-11/h12H,2-10H2,1H3. The molecule has 0 saturated carbocycles. The molecule has 0 unspecified atom stereocenters. The first-order valence-corrected chi connectivity index (χ1v) is 5.25. The third-order valence-corrected chi connectivity index (χ3v) is 1.81. The number of hydrogen-bond donors (Lipinski definition) is 1. The largest absolute Gasteiger partial charge is 0.382 e. The van der Waals surface area contributed by atoms with Gasteiger partial charge in [0, 0.05) is 13.7 Å². The van der Waals surface area contributed by atoms with Crippen molar-refractivity contribution < 1.29 is 13.9 Å². The van der Waals surface area contributed by atoms with Gasteiger partial charge in [-0.05, 0) is 32.4 Å². The molecule has 0 aliphatic rings. The Morgan fingerprint density at radius 3 is 2.50 bits per heavy atom. The van der Waals surface area contributed by atoms with Gasteiger partial charge in [-0.2, -0.15) is 0 Å². The van der Waals surface area contributed by atoms with E-state index in [1.807, 2.05) is 0 Å². The summed E-state index contributed by atoms with van der Waals surface area (Å²) in [6.45, 7) is 3.62. The van der Waals surface area contributed by atoms with Gasteiger partial charge in [0.05, 0.1) is 19.9 Å². The number of rotatable bonds is 11. The quantitative estimate of drug-likeness (QED) is 0.519. The van der Waals surface area contributed by atoms with Crippen LogP contribution in [0.2, 0.25) is 0 Å². The SMILES string of the molecule is COCCOCCCCNCCCF. The number of nitrogens with one attached hydrogen (secondary N) is 1. The Kier molecular flexibility index (Phi) is 12.6. The number of alkyl halides is 1. The van der Waals surface area contributed by atoms with E-state index in [2.05, 4.69) is 5.32 Å². The molecule has 0 bridgehead atoms. The van der Waals surface area contributed by atoms with Crippen LogP contribution in [0.4, 0.5) is 4.39 Å². The van der Waals surface area contributed by atoms with E-state index in [-0.39, 0.29) is 6.67 Å². The van der Waals surface area contributed by atoms with E-state index in [0.29, 0.717) is 19.6 Å². The van der Waals surface area contributed by atoms with Crippen LogP contribution < -0.4 is 5.32 Å². The summed E-state index contributed by atoms with van der Waals surface area (Å²) < 4.78 is 21.8. The highest BCUT2D eigenvalue weighted by Crippen LogP contribution is 1.89. The molecule has 0 aliphatic heterocycles. The summed E-state index contributed by atoms with van der Waals surface area (Å²) in [5, 5.41) is 3.17. The highest BCUT2D eigenvalue weighted by Gasteiger charge is 1.90. The normalized spacial score (nSPS) is 10.7. The van der Waals surface area contributed by atoms with Crippen molar-refractivity contribution >= 4 is 0 Å². The Balaban J connectivity index is 2.78. The molecule has 0 spiro atoms. The van der Waals surface area contributed by atoms with Crippen molar-refractivity contribution in [2.45, 2.75) is 19.3 Å². The minimum Gasteiger partial charge on any atom is -0.382 e. The Morgan fingerprint density at radius 1 is 1.00 bits per heavy atom. The first kappa shape index (κ1) is 13.8. The zero-order valence-electron chi connectivity index (χ0n) is 9.06. The maximum atomic E-state index is 11.7. The number of halogens is 1. The van der Waals surface area contributed by atoms with Crippen molar-refractivity contribution in [2.24, 2.45) is 0 Å². The second kappa shape index (κ2) is 12.8. The average molecular weight is 207 g/mol. The van der Waals surface area contributed by atoms with Crippen LogP contribution in [0.5, 0.6) is 0 Å². The van der Waals surface area contributed by atoms with Crippen LogP contribution in [0.15, 0.2) is 0 Å². The van der Waals surface area contributed by atoms with Gasteiger partial charge >= 0.3 is 0 Å². The van der Waals surface area contributed by atoms with Gasteiger partial charge < -0.3 is 14.8 Å². The van der Waals surface area contributed by atoms with Crippen molar-refractivity contribution in [3.8, 4) is 0 Å². The molecule has 0 aromatic heterocycles. The fourth-order valence-corrected chi connectivity index (χ4v) is 1.02. The minimum atomic E-state index is -0.229. The molecular formula is C10H22FNO2. The van der Waals surface area contributed by atoms with Gasteiger partial charge in [-0.3, -0.25) is 4.39 Å². The Labute approximate surface area is 86.0 Å². The van der Waals surface area contributed by atoms with E-state index in [1.165, 1.54) is 0 Å². The number of hydrogen-bond acceptors (Lipinski definition) is 3. The Morgan fingerprint density at radius 2 is 1.79 bits per heavy atom. The average Bonchev–Trinajstić information content (AvgIpc) is 2.21. The lowest BCUT2D eigenvalue weighted by Gasteiger charge is -2.04. The van der Waals surface area contributed by atoms with Crippen molar-refractivity contribution in [1.82, 2.24) is 5.32 Å². The maximum absolute atomic E-state index is 11.7. The van der Waals surface area contributed by atoms with E-state index < -0.39 is 0 Å². The fourth-order valence-electron chi connectivity index (χ4n) is 1.02. The van der Waals surface area contributed by atoms with Crippen LogP contribution in [0, 0.1) is 0 Å². The lowest BCUT2D eigenvalue weighted by atomic mass is 10.3. The molecular weight excluding hydrogens is 185 g/mol. The molecule has 0 saturated heterocycles. The number of ether oxygens (including phenoxy) is 2. The summed E-state index contributed by atoms with van der Waals surface area (Å²) >= 11 is 0. The van der Waals surface area contributed by atoms with E-state index >= 15 is 0 Å². The van der Waals surface area contributed by atoms with E-state index in [0.717, 1.165) is 32.5 Å². The lowest BCUT2D eigenvalue weighted by Crippen LogP contribution is -2.17. The van der Waals surface area contributed by atoms with Crippen LogP contribution >= 0.6 is 0 Å². The molecule has 86 valence electrons. The predicted molar refractivity (Wildman–Crippen MR) is 55.4 cm³/mol. The van der Waals surface area contributed by atoms with Crippen molar-refractivity contribution in [3.63, 3.8) is 0 Å². The predicted octanol–water partition coefficient (Wildman–Crippen LogP) is 1.38. The number of unbranched alkanes of at least 4 members (excludes halogenated alkanes) is 1. The molecule has 0 heterocycles. The Bertz CT molecular complexity index is 92.1. The monoisotopic (exact) mass is 207 g/mol. The van der Waals surface area contributed by atoms with Gasteiger partial charge in [0.15, 0.2) is 0 Å². The summed E-state index contributed by atoms with van der Waals surface area (Å²) in [7, 11) is 1.66. The fraction of sp³-hybridized carbons (Fsp3) is 1.00. The smallest absolute Gasteiger partial charge is 0.0906 e. The molecule has 0 radical (unpaired) electrons. The van der Waals surface area contributed by atoms with Crippen LogP contribution in [-0.2, 0) is 9.47 Å². The number of methoxy groups -OCH3 is 1. The van der Waals surface area contributed by atoms with Gasteiger partial charge in [-0.25, -0.2) is 0 Å². The zero-order chi connectivity index (χ0) is 10.5. The zero-order valence-corrected chi connectivity index (χ0v) is 9.06. The summed E-state index contributed by atoms with van der Waals surface area (Å²) in [5.74, 6) is 0. The summed E-state index contributed by atoms with van der Waals surface area (Å²) in [4.78, 5) is 0. The van der Waals surface area contributed by atoms with Gasteiger partial charge in [-0.15, -0.1) is 0 Å². The summed E-state index contributed by atoms with van der Waals surface area (Å²) in [6.07, 6.45) is 2.75. The van der Waals surface area contributed by atoms with Gasteiger partial charge in [-0.1, -0.05) is 0 Å². The molecule has 0 aromatic carbocycles. The minimum absolute atomic E-state index is 0.229. The molecule has 1 N–H and O–H groups in total. The van der Waals surface area contributed by atoms with Crippen LogP contribution in [0.1, 0.15) is 19.3 Å². The summed E-state index contributed by atoms with van der Waals surface area (Å²) in [6, 6.07) is 0. The Hall–Kier alpha value is -0.190. The van der Waals surface area contributed by atoms with Gasteiger partial charge in [0.25, 0.3) is 0 Å². The molecule has 4 heteroatoms. The van der Waals surface area contributed by atoms with E-state index in [9.17, 15) is 4.39 Å². The molecule has 0 amide bonds. The highest BCUT2D eigenvalue weighted by molar-refractivity contribution is 4.48. The third kappa shape index (κ3) is 11.8. The molecule has 3 nitrogen and oxygen atoms in total.